The number of fused-ring (bicyclic) bond motifs is 1. The second kappa shape index (κ2) is 25.6. The minimum atomic E-state index is -1.73. The molecule has 366 valence electrons. The Labute approximate surface area is 381 Å². The molecule has 0 aliphatic carbocycles. The number of nitrogens with zero attached hydrogens (tertiary/aromatic N) is 3. The molecule has 0 aliphatic rings. The van der Waals surface area contributed by atoms with Crippen LogP contribution < -0.4 is 43.2 Å². The van der Waals surface area contributed by atoms with Gasteiger partial charge in [0.1, 0.15) is 30.2 Å². The molecule has 2 aromatic heterocycles. The van der Waals surface area contributed by atoms with Crippen molar-refractivity contribution in [2.75, 3.05) is 11.1 Å². The fourth-order valence-electron chi connectivity index (χ4n) is 5.95. The van der Waals surface area contributed by atoms with E-state index in [4.69, 9.17) is 15.9 Å². The summed E-state index contributed by atoms with van der Waals surface area (Å²) < 4.78 is 0. The summed E-state index contributed by atoms with van der Waals surface area (Å²) in [7, 11) is 0. The molecule has 3 rings (SSSR count). The second-order valence-electron chi connectivity index (χ2n) is 14.7. The lowest BCUT2D eigenvalue weighted by Gasteiger charge is -2.19. The largest absolute Gasteiger partial charge is 0.481 e. The highest BCUT2D eigenvalue weighted by atomic mass is 16.4. The van der Waals surface area contributed by atoms with Gasteiger partial charge in [-0.3, -0.25) is 38.5 Å². The zero-order valence-corrected chi connectivity index (χ0v) is 35.6. The van der Waals surface area contributed by atoms with Crippen LogP contribution in [-0.2, 0) is 54.5 Å². The summed E-state index contributed by atoms with van der Waals surface area (Å²) in [4.78, 5) is 159. The van der Waals surface area contributed by atoms with E-state index in [-0.39, 0.29) is 29.2 Å². The summed E-state index contributed by atoms with van der Waals surface area (Å²) in [5.41, 5.74) is 5.89. The molecule has 29 nitrogen and oxygen atoms in total. The SMILES string of the molecule is Nc1nc2ncc(CNc3ccc(C(=O)N[C@H](CCC(=O)N[C@H](CCC(=O)N[C@H](CCC(=O)N[C@H](CCC(=O)N[C@H](CCC(=O)O)C(=O)O)C(=O)O)C(=O)O)C(=O)O)C(=O)O)cc3)nc2c(=O)[nH]1. The molecule has 0 bridgehead atoms. The molecule has 15 N–H and O–H groups in total. The lowest BCUT2D eigenvalue weighted by molar-refractivity contribution is -0.144. The number of rotatable bonds is 29. The number of carboxylic acids is 6. The molecule has 0 radical (unpaired) electrons. The topological polar surface area (TPSA) is 479 Å². The quantitative estimate of drug-likeness (QED) is 0.0338. The number of nitrogens with two attached hydrogens (primary N) is 1. The van der Waals surface area contributed by atoms with Gasteiger partial charge in [0, 0.05) is 43.4 Å². The molecule has 29 heteroatoms. The number of amides is 5. The zero-order chi connectivity index (χ0) is 50.7. The summed E-state index contributed by atoms with van der Waals surface area (Å²) in [6, 6.07) is -2.57. The van der Waals surface area contributed by atoms with E-state index in [1.54, 1.807) is 0 Å². The number of carbonyl (C=O) groups is 11. The van der Waals surface area contributed by atoms with Gasteiger partial charge < -0.3 is 68.3 Å². The number of hydrogen-bond donors (Lipinski definition) is 14. The lowest BCUT2D eigenvalue weighted by Crippen LogP contribution is -2.46. The van der Waals surface area contributed by atoms with Crippen LogP contribution in [0.1, 0.15) is 80.3 Å². The van der Waals surface area contributed by atoms with Gasteiger partial charge >= 0.3 is 35.8 Å². The molecule has 0 aliphatic heterocycles. The van der Waals surface area contributed by atoms with Crippen LogP contribution in [0.2, 0.25) is 0 Å². The van der Waals surface area contributed by atoms with Crippen LogP contribution in [0.3, 0.4) is 0 Å². The van der Waals surface area contributed by atoms with E-state index in [0.29, 0.717) is 11.4 Å². The molecule has 2 heterocycles. The van der Waals surface area contributed by atoms with Gasteiger partial charge in [-0.25, -0.2) is 33.9 Å². The van der Waals surface area contributed by atoms with E-state index >= 15 is 0 Å². The molecule has 68 heavy (non-hydrogen) atoms. The summed E-state index contributed by atoms with van der Waals surface area (Å²) in [5.74, 6) is -14.1. The van der Waals surface area contributed by atoms with Crippen molar-refractivity contribution in [3.05, 3.63) is 52.1 Å². The molecule has 3 aromatic rings. The monoisotopic (exact) mass is 957 g/mol. The summed E-state index contributed by atoms with van der Waals surface area (Å²) in [5, 5.41) is 69.9. The van der Waals surface area contributed by atoms with Gasteiger partial charge in [0.2, 0.25) is 29.6 Å². The number of carbonyl (C=O) groups excluding carboxylic acids is 5. The molecule has 0 saturated heterocycles. The number of aliphatic carboxylic acids is 6. The molecule has 0 unspecified atom stereocenters. The Balaban J connectivity index is 1.44. The lowest BCUT2D eigenvalue weighted by atomic mass is 10.1. The molecule has 0 saturated carbocycles. The second-order valence-corrected chi connectivity index (χ2v) is 14.7. The van der Waals surface area contributed by atoms with Gasteiger partial charge in [-0.15, -0.1) is 0 Å². The first-order valence-electron chi connectivity index (χ1n) is 20.2. The first kappa shape index (κ1) is 53.5. The highest BCUT2D eigenvalue weighted by molar-refractivity contribution is 5.97. The molecular weight excluding hydrogens is 910 g/mol. The van der Waals surface area contributed by atoms with Crippen LogP contribution in [0, 0.1) is 0 Å². The van der Waals surface area contributed by atoms with Gasteiger partial charge in [0.05, 0.1) is 18.4 Å². The minimum Gasteiger partial charge on any atom is -0.481 e. The van der Waals surface area contributed by atoms with Crippen LogP contribution in [0.15, 0.2) is 35.3 Å². The number of H-pyrrole nitrogens is 1. The Bertz CT molecular complexity index is 2460. The van der Waals surface area contributed by atoms with Crippen molar-refractivity contribution < 1.29 is 83.4 Å². The van der Waals surface area contributed by atoms with E-state index in [1.165, 1.54) is 30.5 Å². The van der Waals surface area contributed by atoms with Crippen LogP contribution in [0.4, 0.5) is 11.6 Å². The number of hydrogen-bond acceptors (Lipinski definition) is 17. The smallest absolute Gasteiger partial charge is 0.326 e. The van der Waals surface area contributed by atoms with E-state index in [0.717, 1.165) is 0 Å². The van der Waals surface area contributed by atoms with E-state index in [1.807, 2.05) is 5.32 Å². The van der Waals surface area contributed by atoms with Crippen molar-refractivity contribution in [2.24, 2.45) is 0 Å². The van der Waals surface area contributed by atoms with Crippen molar-refractivity contribution in [1.29, 1.82) is 0 Å². The van der Waals surface area contributed by atoms with Gasteiger partial charge in [0.15, 0.2) is 11.2 Å². The maximum Gasteiger partial charge on any atom is 0.326 e. The van der Waals surface area contributed by atoms with Crippen molar-refractivity contribution in [2.45, 2.75) is 101 Å². The Morgan fingerprint density at radius 3 is 1.31 bits per heavy atom. The molecule has 0 fully saturated rings. The van der Waals surface area contributed by atoms with Crippen molar-refractivity contribution in [1.82, 2.24) is 46.5 Å². The standard InChI is InChI=1S/C39H47N11O18/c40-39-49-31-30(33(58)50-39)43-19(16-42-31)15-41-18-3-1-17(2-4-18)32(57)48-24(38(67)68)8-13-28(54)46-22(36(63)64)6-11-26(52)44-20(34(59)60)5-10-25(51)45-21(35(61)62)7-12-27(53)47-23(37(65)66)9-14-29(55)56/h1-4,16,20-24,41H,5-15H2,(H,44,52)(H,45,51)(H,46,54)(H,47,53)(H,48,57)(H,55,56)(H,59,60)(H,61,62)(H,63,64)(H,65,66)(H,67,68)(H3,40,42,49,50,58)/t20-,21-,22-,23-,24-/m1/s1. The fraction of sp³-hybridized carbons (Fsp3) is 0.410. The molecule has 0 spiro atoms. The average molecular weight is 958 g/mol. The van der Waals surface area contributed by atoms with Gasteiger partial charge in [-0.2, -0.15) is 4.98 Å². The summed E-state index contributed by atoms with van der Waals surface area (Å²) >= 11 is 0. The number of aromatic amines is 1. The maximum atomic E-state index is 12.9. The minimum absolute atomic E-state index is 0.0250. The number of aromatic nitrogens is 4. The highest BCUT2D eigenvalue weighted by Crippen LogP contribution is 2.13. The normalized spacial score (nSPS) is 13.0. The molecule has 5 atom stereocenters. The highest BCUT2D eigenvalue weighted by Gasteiger charge is 2.28. The number of nitrogens with one attached hydrogen (secondary N) is 7. The fourth-order valence-corrected chi connectivity index (χ4v) is 5.95. The number of carboxylic acid groups (broad SMARTS) is 6. The van der Waals surface area contributed by atoms with E-state index < -0.39 is 165 Å². The van der Waals surface area contributed by atoms with Gasteiger partial charge in [-0.1, -0.05) is 0 Å². The van der Waals surface area contributed by atoms with Crippen LogP contribution in [0.25, 0.3) is 11.2 Å². The molecule has 1 aromatic carbocycles. The van der Waals surface area contributed by atoms with E-state index in [2.05, 4.69) is 46.5 Å². The summed E-state index contributed by atoms with van der Waals surface area (Å²) in [6.45, 7) is 0.114. The van der Waals surface area contributed by atoms with Crippen molar-refractivity contribution in [3.8, 4) is 0 Å². The Hall–Kier alpha value is -8.79. The summed E-state index contributed by atoms with van der Waals surface area (Å²) in [6.07, 6.45) is -4.37. The first-order valence-corrected chi connectivity index (χ1v) is 20.2. The third-order valence-corrected chi connectivity index (χ3v) is 9.53. The van der Waals surface area contributed by atoms with Crippen LogP contribution in [-0.4, -0.2) is 146 Å². The van der Waals surface area contributed by atoms with Gasteiger partial charge in [-0.05, 0) is 56.4 Å². The third-order valence-electron chi connectivity index (χ3n) is 9.53. The third kappa shape index (κ3) is 18.0. The van der Waals surface area contributed by atoms with Crippen molar-refractivity contribution >= 4 is 88.2 Å². The van der Waals surface area contributed by atoms with Crippen LogP contribution in [0.5, 0.6) is 0 Å². The molecule has 5 amide bonds. The maximum absolute atomic E-state index is 12.9. The number of nitrogen functional groups attached to an aromatic ring is 1. The van der Waals surface area contributed by atoms with Crippen LogP contribution >= 0.6 is 0 Å². The Morgan fingerprint density at radius 2 is 0.926 bits per heavy atom. The Morgan fingerprint density at radius 1 is 0.544 bits per heavy atom. The molecular formula is C39H47N11O18. The average Bonchev–Trinajstić information content (AvgIpc) is 3.26. The predicted octanol–water partition coefficient (Wildman–Crippen LogP) is -2.65. The van der Waals surface area contributed by atoms with E-state index in [9.17, 15) is 78.0 Å². The Kier molecular flexibility index (Phi) is 20.2. The zero-order valence-electron chi connectivity index (χ0n) is 35.6. The predicted molar refractivity (Wildman–Crippen MR) is 227 cm³/mol. The number of benzene rings is 1. The first-order chi connectivity index (χ1) is 32.0. The number of anilines is 2. The van der Waals surface area contributed by atoms with Gasteiger partial charge in [0.25, 0.3) is 11.5 Å². The van der Waals surface area contributed by atoms with Crippen molar-refractivity contribution in [3.63, 3.8) is 0 Å².